The highest BCUT2D eigenvalue weighted by Crippen LogP contribution is 2.15. The Morgan fingerprint density at radius 1 is 1.52 bits per heavy atom. The highest BCUT2D eigenvalue weighted by atomic mass is 16.1. The molecule has 0 spiro atoms. The van der Waals surface area contributed by atoms with Crippen molar-refractivity contribution < 1.29 is 4.79 Å². The minimum atomic E-state index is -0.157. The van der Waals surface area contributed by atoms with Crippen LogP contribution in [0.5, 0.6) is 0 Å². The van der Waals surface area contributed by atoms with Crippen molar-refractivity contribution in [2.24, 2.45) is 11.7 Å². The Labute approximate surface area is 125 Å². The van der Waals surface area contributed by atoms with Crippen molar-refractivity contribution in [1.82, 2.24) is 15.2 Å². The van der Waals surface area contributed by atoms with E-state index >= 15 is 0 Å². The molecular formula is C16H22N4O. The zero-order valence-electron chi connectivity index (χ0n) is 12.4. The average molecular weight is 286 g/mol. The minimum Gasteiger partial charge on any atom is -0.350 e. The molecule has 5 nitrogen and oxygen atoms in total. The topological polar surface area (TPSA) is 71.2 Å². The number of nitrogens with zero attached hydrogens (tertiary/aromatic N) is 2. The van der Waals surface area contributed by atoms with Crippen LogP contribution in [-0.4, -0.2) is 49.0 Å². The predicted molar refractivity (Wildman–Crippen MR) is 82.7 cm³/mol. The molecule has 1 saturated heterocycles. The third kappa shape index (κ3) is 4.55. The summed E-state index contributed by atoms with van der Waals surface area (Å²) in [6.07, 6.45) is 3.86. The van der Waals surface area contributed by atoms with Crippen LogP contribution in [0, 0.1) is 17.8 Å². The van der Waals surface area contributed by atoms with Crippen molar-refractivity contribution in [2.75, 3.05) is 33.2 Å². The molecule has 5 heteroatoms. The zero-order valence-corrected chi connectivity index (χ0v) is 12.4. The van der Waals surface area contributed by atoms with E-state index in [1.807, 2.05) is 0 Å². The first kappa shape index (κ1) is 15.5. The first-order valence-electron chi connectivity index (χ1n) is 7.31. The third-order valence-electron chi connectivity index (χ3n) is 3.74. The van der Waals surface area contributed by atoms with Gasteiger partial charge in [0.25, 0.3) is 5.91 Å². The number of rotatable bonds is 3. The molecule has 3 N–H and O–H groups in total. The molecule has 1 aliphatic rings. The van der Waals surface area contributed by atoms with E-state index in [1.165, 1.54) is 0 Å². The Kier molecular flexibility index (Phi) is 5.73. The molecule has 0 aliphatic carbocycles. The fourth-order valence-corrected chi connectivity index (χ4v) is 2.42. The summed E-state index contributed by atoms with van der Waals surface area (Å²) < 4.78 is 0. The van der Waals surface area contributed by atoms with E-state index in [9.17, 15) is 4.79 Å². The molecule has 2 rings (SSSR count). The fraction of sp³-hybridized carbons (Fsp3) is 0.500. The molecule has 1 aromatic heterocycles. The summed E-state index contributed by atoms with van der Waals surface area (Å²) in [5.41, 5.74) is 6.38. The van der Waals surface area contributed by atoms with E-state index in [0.29, 0.717) is 23.7 Å². The summed E-state index contributed by atoms with van der Waals surface area (Å²) in [5, 5.41) is 2.98. The Morgan fingerprint density at radius 2 is 2.29 bits per heavy atom. The van der Waals surface area contributed by atoms with Crippen LogP contribution in [0.15, 0.2) is 18.3 Å². The quantitative estimate of drug-likeness (QED) is 0.792. The number of carbonyl (C=O) groups is 1. The maximum atomic E-state index is 12.3. The lowest BCUT2D eigenvalue weighted by atomic mass is 9.97. The van der Waals surface area contributed by atoms with Gasteiger partial charge in [-0.3, -0.25) is 4.79 Å². The molecular weight excluding hydrogens is 264 g/mol. The van der Waals surface area contributed by atoms with Crippen LogP contribution in [0.2, 0.25) is 0 Å². The van der Waals surface area contributed by atoms with Crippen LogP contribution in [-0.2, 0) is 0 Å². The molecule has 0 aromatic carbocycles. The Balaban J connectivity index is 1.94. The molecule has 1 aliphatic heterocycles. The van der Waals surface area contributed by atoms with Crippen molar-refractivity contribution in [2.45, 2.75) is 12.8 Å². The maximum Gasteiger partial charge on any atom is 0.271 e. The number of pyridine rings is 1. The van der Waals surface area contributed by atoms with E-state index in [2.05, 4.69) is 34.1 Å². The highest BCUT2D eigenvalue weighted by Gasteiger charge is 2.18. The SMILES string of the molecule is CN1CCC(CNC(=O)c2ncccc2C#CCN)CC1. The monoisotopic (exact) mass is 286 g/mol. The Morgan fingerprint density at radius 3 is 3.00 bits per heavy atom. The summed E-state index contributed by atoms with van der Waals surface area (Å²) in [6, 6.07) is 3.56. The zero-order chi connectivity index (χ0) is 15.1. The van der Waals surface area contributed by atoms with Crippen molar-refractivity contribution in [3.05, 3.63) is 29.6 Å². The predicted octanol–water partition coefficient (Wildman–Crippen LogP) is 0.463. The number of nitrogens with two attached hydrogens (primary N) is 1. The number of likely N-dealkylation sites (tertiary alicyclic amines) is 1. The molecule has 1 fully saturated rings. The highest BCUT2D eigenvalue weighted by molar-refractivity contribution is 5.94. The van der Waals surface area contributed by atoms with Gasteiger partial charge >= 0.3 is 0 Å². The second kappa shape index (κ2) is 7.77. The van der Waals surface area contributed by atoms with Gasteiger partial charge in [0, 0.05) is 12.7 Å². The Bertz CT molecular complexity index is 539. The Hall–Kier alpha value is -1.90. The van der Waals surface area contributed by atoms with Crippen LogP contribution in [0.4, 0.5) is 0 Å². The number of hydrogen-bond acceptors (Lipinski definition) is 4. The molecule has 112 valence electrons. The molecule has 0 bridgehead atoms. The molecule has 21 heavy (non-hydrogen) atoms. The van der Waals surface area contributed by atoms with E-state index in [1.54, 1.807) is 18.3 Å². The van der Waals surface area contributed by atoms with Crippen LogP contribution in [0.1, 0.15) is 28.9 Å². The summed E-state index contributed by atoms with van der Waals surface area (Å²) in [6.45, 7) is 3.16. The smallest absolute Gasteiger partial charge is 0.271 e. The van der Waals surface area contributed by atoms with Gasteiger partial charge in [-0.25, -0.2) is 4.98 Å². The van der Waals surface area contributed by atoms with E-state index in [0.717, 1.165) is 25.9 Å². The van der Waals surface area contributed by atoms with E-state index in [4.69, 9.17) is 5.73 Å². The van der Waals surface area contributed by atoms with Crippen LogP contribution < -0.4 is 11.1 Å². The van der Waals surface area contributed by atoms with Gasteiger partial charge in [0.1, 0.15) is 5.69 Å². The minimum absolute atomic E-state index is 0.157. The van der Waals surface area contributed by atoms with Crippen molar-refractivity contribution in [3.63, 3.8) is 0 Å². The van der Waals surface area contributed by atoms with Gasteiger partial charge in [-0.15, -0.1) is 0 Å². The van der Waals surface area contributed by atoms with Crippen LogP contribution >= 0.6 is 0 Å². The van der Waals surface area contributed by atoms with Crippen LogP contribution in [0.25, 0.3) is 0 Å². The van der Waals surface area contributed by atoms with Crippen molar-refractivity contribution in [1.29, 1.82) is 0 Å². The number of amides is 1. The van der Waals surface area contributed by atoms with Gasteiger partial charge in [0.05, 0.1) is 12.1 Å². The average Bonchev–Trinajstić information content (AvgIpc) is 2.52. The molecule has 0 atom stereocenters. The second-order valence-corrected chi connectivity index (χ2v) is 5.36. The van der Waals surface area contributed by atoms with Gasteiger partial charge in [-0.1, -0.05) is 11.8 Å². The third-order valence-corrected chi connectivity index (χ3v) is 3.74. The molecule has 0 radical (unpaired) electrons. The number of carbonyl (C=O) groups excluding carboxylic acids is 1. The van der Waals surface area contributed by atoms with E-state index in [-0.39, 0.29) is 12.5 Å². The van der Waals surface area contributed by atoms with Gasteiger partial charge < -0.3 is 16.0 Å². The lowest BCUT2D eigenvalue weighted by molar-refractivity contribution is 0.0934. The summed E-state index contributed by atoms with van der Waals surface area (Å²) in [5.74, 6) is 6.05. The normalized spacial score (nSPS) is 16.1. The van der Waals surface area contributed by atoms with Gasteiger partial charge in [0.15, 0.2) is 0 Å². The van der Waals surface area contributed by atoms with Crippen molar-refractivity contribution in [3.8, 4) is 11.8 Å². The molecule has 1 aromatic rings. The molecule has 2 heterocycles. The maximum absolute atomic E-state index is 12.3. The molecule has 0 unspecified atom stereocenters. The lowest BCUT2D eigenvalue weighted by Gasteiger charge is -2.28. The molecule has 0 saturated carbocycles. The van der Waals surface area contributed by atoms with Crippen molar-refractivity contribution >= 4 is 5.91 Å². The van der Waals surface area contributed by atoms with Gasteiger partial charge in [-0.05, 0) is 51.0 Å². The van der Waals surface area contributed by atoms with Gasteiger partial charge in [0.2, 0.25) is 0 Å². The summed E-state index contributed by atoms with van der Waals surface area (Å²) in [7, 11) is 2.13. The fourth-order valence-electron chi connectivity index (χ4n) is 2.42. The largest absolute Gasteiger partial charge is 0.350 e. The summed E-state index contributed by atoms with van der Waals surface area (Å²) >= 11 is 0. The second-order valence-electron chi connectivity index (χ2n) is 5.36. The first-order chi connectivity index (χ1) is 10.2. The van der Waals surface area contributed by atoms with Gasteiger partial charge in [-0.2, -0.15) is 0 Å². The van der Waals surface area contributed by atoms with Crippen LogP contribution in [0.3, 0.4) is 0 Å². The first-order valence-corrected chi connectivity index (χ1v) is 7.31. The number of nitrogens with one attached hydrogen (secondary N) is 1. The number of piperidine rings is 1. The number of aromatic nitrogens is 1. The lowest BCUT2D eigenvalue weighted by Crippen LogP contribution is -2.37. The summed E-state index contributed by atoms with van der Waals surface area (Å²) in [4.78, 5) is 18.7. The molecule has 1 amide bonds. The standard InChI is InChI=1S/C16H22N4O/c1-20-10-6-13(7-11-20)12-19-16(21)15-14(4-2-8-17)5-3-9-18-15/h3,5,9,13H,6-8,10-12,17H2,1H3,(H,19,21). The van der Waals surface area contributed by atoms with E-state index < -0.39 is 0 Å². The number of hydrogen-bond donors (Lipinski definition) is 2.